The molecular formula is C11H11NO3S. The maximum Gasteiger partial charge on any atom is 0.328 e. The van der Waals surface area contributed by atoms with Gasteiger partial charge in [0.2, 0.25) is 0 Å². The number of aromatic hydroxyl groups is 1. The number of hydrogen-bond acceptors (Lipinski definition) is 5. The summed E-state index contributed by atoms with van der Waals surface area (Å²) in [5.41, 5.74) is 5.72. The molecule has 4 nitrogen and oxygen atoms in total. The van der Waals surface area contributed by atoms with Crippen LogP contribution < -0.4 is 5.73 Å². The van der Waals surface area contributed by atoms with Crippen molar-refractivity contribution in [2.24, 2.45) is 5.73 Å². The molecule has 0 fully saturated rings. The molecule has 2 rings (SSSR count). The SMILES string of the molecule is COC(=O)C(N)c1cc2ccc(O)cc2s1. The van der Waals surface area contributed by atoms with E-state index in [9.17, 15) is 9.90 Å². The van der Waals surface area contributed by atoms with Crippen LogP contribution in [0.2, 0.25) is 0 Å². The van der Waals surface area contributed by atoms with E-state index in [1.807, 2.05) is 6.07 Å². The normalized spacial score (nSPS) is 12.6. The Morgan fingerprint density at radius 2 is 2.25 bits per heavy atom. The highest BCUT2D eigenvalue weighted by Gasteiger charge is 2.18. The Labute approximate surface area is 96.3 Å². The van der Waals surface area contributed by atoms with Gasteiger partial charge in [0.15, 0.2) is 0 Å². The first-order chi connectivity index (χ1) is 7.61. The third kappa shape index (κ3) is 1.87. The highest BCUT2D eigenvalue weighted by atomic mass is 32.1. The van der Waals surface area contributed by atoms with Crippen molar-refractivity contribution < 1.29 is 14.6 Å². The molecule has 1 aromatic carbocycles. The summed E-state index contributed by atoms with van der Waals surface area (Å²) in [6, 6.07) is 6.11. The van der Waals surface area contributed by atoms with Crippen LogP contribution in [0.4, 0.5) is 0 Å². The van der Waals surface area contributed by atoms with Gasteiger partial charge in [-0.3, -0.25) is 0 Å². The lowest BCUT2D eigenvalue weighted by molar-refractivity contribution is -0.142. The van der Waals surface area contributed by atoms with Gasteiger partial charge < -0.3 is 15.6 Å². The van der Waals surface area contributed by atoms with Gasteiger partial charge in [-0.25, -0.2) is 4.79 Å². The van der Waals surface area contributed by atoms with Crippen LogP contribution in [-0.2, 0) is 9.53 Å². The summed E-state index contributed by atoms with van der Waals surface area (Å²) in [4.78, 5) is 12.0. The van der Waals surface area contributed by atoms with Crippen molar-refractivity contribution in [1.82, 2.24) is 0 Å². The van der Waals surface area contributed by atoms with Crippen molar-refractivity contribution in [2.75, 3.05) is 7.11 Å². The van der Waals surface area contributed by atoms with Crippen LogP contribution in [0.15, 0.2) is 24.3 Å². The van der Waals surface area contributed by atoms with E-state index in [1.54, 1.807) is 18.2 Å². The first kappa shape index (κ1) is 10.9. The largest absolute Gasteiger partial charge is 0.508 e. The monoisotopic (exact) mass is 237 g/mol. The van der Waals surface area contributed by atoms with E-state index in [1.165, 1.54) is 18.4 Å². The molecule has 0 spiro atoms. The van der Waals surface area contributed by atoms with Gasteiger partial charge in [-0.15, -0.1) is 11.3 Å². The molecule has 5 heteroatoms. The Morgan fingerprint density at radius 1 is 1.50 bits per heavy atom. The summed E-state index contributed by atoms with van der Waals surface area (Å²) in [7, 11) is 1.31. The Balaban J connectivity index is 2.43. The molecule has 16 heavy (non-hydrogen) atoms. The minimum Gasteiger partial charge on any atom is -0.508 e. The molecule has 84 valence electrons. The Morgan fingerprint density at radius 3 is 2.94 bits per heavy atom. The van der Waals surface area contributed by atoms with Crippen molar-refractivity contribution in [3.63, 3.8) is 0 Å². The molecule has 0 aliphatic carbocycles. The number of phenols is 1. The van der Waals surface area contributed by atoms with E-state index in [0.717, 1.165) is 15.0 Å². The highest BCUT2D eigenvalue weighted by Crippen LogP contribution is 2.31. The number of carbonyl (C=O) groups is 1. The summed E-state index contributed by atoms with van der Waals surface area (Å²) < 4.78 is 5.48. The third-order valence-corrected chi connectivity index (χ3v) is 3.47. The van der Waals surface area contributed by atoms with Gasteiger partial charge in [0, 0.05) is 9.58 Å². The number of carbonyl (C=O) groups excluding carboxylic acids is 1. The zero-order valence-corrected chi connectivity index (χ0v) is 9.45. The zero-order chi connectivity index (χ0) is 11.7. The lowest BCUT2D eigenvalue weighted by Gasteiger charge is -2.05. The number of ether oxygens (including phenoxy) is 1. The Kier molecular flexibility index (Phi) is 2.80. The fourth-order valence-corrected chi connectivity index (χ4v) is 2.52. The smallest absolute Gasteiger partial charge is 0.328 e. The Bertz CT molecular complexity index is 535. The number of methoxy groups -OCH3 is 1. The molecule has 0 saturated heterocycles. The van der Waals surface area contributed by atoms with Crippen LogP contribution in [-0.4, -0.2) is 18.2 Å². The second kappa shape index (κ2) is 4.11. The molecule has 0 aliphatic rings. The average molecular weight is 237 g/mol. The molecule has 0 bridgehead atoms. The summed E-state index contributed by atoms with van der Waals surface area (Å²) in [5.74, 6) is -0.261. The molecule has 3 N–H and O–H groups in total. The van der Waals surface area contributed by atoms with Gasteiger partial charge in [0.05, 0.1) is 7.11 Å². The fraction of sp³-hybridized carbons (Fsp3) is 0.182. The molecule has 0 saturated carbocycles. The molecular weight excluding hydrogens is 226 g/mol. The van der Waals surface area contributed by atoms with Gasteiger partial charge in [-0.05, 0) is 29.7 Å². The molecule has 1 heterocycles. The van der Waals surface area contributed by atoms with Crippen LogP contribution in [0.25, 0.3) is 10.1 Å². The van der Waals surface area contributed by atoms with Crippen LogP contribution in [0, 0.1) is 0 Å². The molecule has 0 aliphatic heterocycles. The molecule has 1 aromatic heterocycles. The van der Waals surface area contributed by atoms with Crippen LogP contribution >= 0.6 is 11.3 Å². The predicted molar refractivity (Wildman–Crippen MR) is 62.4 cm³/mol. The van der Waals surface area contributed by atoms with Gasteiger partial charge in [0.1, 0.15) is 11.8 Å². The number of benzene rings is 1. The van der Waals surface area contributed by atoms with Crippen LogP contribution in [0.1, 0.15) is 10.9 Å². The van der Waals surface area contributed by atoms with Crippen molar-refractivity contribution in [2.45, 2.75) is 6.04 Å². The molecule has 0 amide bonds. The fourth-order valence-electron chi connectivity index (χ4n) is 1.44. The number of hydrogen-bond donors (Lipinski definition) is 2. The Hall–Kier alpha value is -1.59. The minimum atomic E-state index is -0.760. The second-order valence-corrected chi connectivity index (χ2v) is 4.49. The summed E-state index contributed by atoms with van der Waals surface area (Å²) in [6.07, 6.45) is 0. The lowest BCUT2D eigenvalue weighted by Crippen LogP contribution is -2.21. The first-order valence-corrected chi connectivity index (χ1v) is 5.49. The number of rotatable bonds is 2. The molecule has 1 unspecified atom stereocenters. The van der Waals surface area contributed by atoms with Gasteiger partial charge in [-0.2, -0.15) is 0 Å². The minimum absolute atomic E-state index is 0.201. The number of nitrogens with two attached hydrogens (primary N) is 1. The average Bonchev–Trinajstić information content (AvgIpc) is 2.69. The first-order valence-electron chi connectivity index (χ1n) is 4.67. The van der Waals surface area contributed by atoms with E-state index in [2.05, 4.69) is 4.74 Å². The topological polar surface area (TPSA) is 72.5 Å². The van der Waals surface area contributed by atoms with E-state index in [0.29, 0.717) is 0 Å². The predicted octanol–water partition coefficient (Wildman–Crippen LogP) is 1.78. The van der Waals surface area contributed by atoms with Crippen LogP contribution in [0.5, 0.6) is 5.75 Å². The van der Waals surface area contributed by atoms with Crippen molar-refractivity contribution in [3.05, 3.63) is 29.1 Å². The van der Waals surface area contributed by atoms with Gasteiger partial charge in [-0.1, -0.05) is 0 Å². The van der Waals surface area contributed by atoms with E-state index < -0.39 is 12.0 Å². The molecule has 0 radical (unpaired) electrons. The van der Waals surface area contributed by atoms with Crippen molar-refractivity contribution in [3.8, 4) is 5.75 Å². The maximum atomic E-state index is 11.3. The number of phenolic OH excluding ortho intramolecular Hbond substituents is 1. The van der Waals surface area contributed by atoms with Crippen molar-refractivity contribution in [1.29, 1.82) is 0 Å². The zero-order valence-electron chi connectivity index (χ0n) is 8.64. The standard InChI is InChI=1S/C11H11NO3S/c1-15-11(14)10(12)9-4-6-2-3-7(13)5-8(6)16-9/h2-5,10,13H,12H2,1H3. The second-order valence-electron chi connectivity index (χ2n) is 3.37. The quantitative estimate of drug-likeness (QED) is 0.781. The summed E-state index contributed by atoms with van der Waals surface area (Å²) in [5, 5.41) is 10.3. The summed E-state index contributed by atoms with van der Waals surface area (Å²) in [6.45, 7) is 0. The highest BCUT2D eigenvalue weighted by molar-refractivity contribution is 7.19. The van der Waals surface area contributed by atoms with E-state index in [-0.39, 0.29) is 5.75 Å². The van der Waals surface area contributed by atoms with Gasteiger partial charge in [0.25, 0.3) is 0 Å². The number of esters is 1. The lowest BCUT2D eigenvalue weighted by atomic mass is 10.2. The van der Waals surface area contributed by atoms with Crippen molar-refractivity contribution >= 4 is 27.4 Å². The number of fused-ring (bicyclic) bond motifs is 1. The summed E-state index contributed by atoms with van der Waals surface area (Å²) >= 11 is 1.38. The third-order valence-electron chi connectivity index (χ3n) is 2.28. The van der Waals surface area contributed by atoms with Crippen LogP contribution in [0.3, 0.4) is 0 Å². The van der Waals surface area contributed by atoms with Gasteiger partial charge >= 0.3 is 5.97 Å². The molecule has 2 aromatic rings. The number of thiophene rings is 1. The maximum absolute atomic E-state index is 11.3. The van der Waals surface area contributed by atoms with E-state index in [4.69, 9.17) is 5.73 Å². The van der Waals surface area contributed by atoms with E-state index >= 15 is 0 Å². The molecule has 1 atom stereocenters.